The first-order valence-corrected chi connectivity index (χ1v) is 8.71. The molecule has 0 bridgehead atoms. The van der Waals surface area contributed by atoms with E-state index in [4.69, 9.17) is 0 Å². The number of hydrogen-bond donors (Lipinski definition) is 0. The zero-order valence-electron chi connectivity index (χ0n) is 9.50. The first-order chi connectivity index (χ1) is 7.45. The van der Waals surface area contributed by atoms with E-state index < -0.39 is 0 Å². The molecule has 90 valence electrons. The summed E-state index contributed by atoms with van der Waals surface area (Å²) in [5.74, 6) is 0. The molecule has 0 aliphatic rings. The summed E-state index contributed by atoms with van der Waals surface area (Å²) < 4.78 is 2.69. The molecule has 0 unspecified atom stereocenters. The third kappa shape index (κ3) is 6.41. The molecule has 2 rings (SSSR count). The van der Waals surface area contributed by atoms with Gasteiger partial charge in [-0.1, -0.05) is 0 Å². The van der Waals surface area contributed by atoms with Crippen LogP contribution in [0.3, 0.4) is 0 Å². The minimum absolute atomic E-state index is 0. The van der Waals surface area contributed by atoms with Crippen LogP contribution in [0.25, 0.3) is 0 Å². The van der Waals surface area contributed by atoms with E-state index in [9.17, 15) is 0 Å². The summed E-state index contributed by atoms with van der Waals surface area (Å²) in [7, 11) is 0. The van der Waals surface area contributed by atoms with Gasteiger partial charge in [0, 0.05) is 0 Å². The van der Waals surface area contributed by atoms with Gasteiger partial charge in [0.25, 0.3) is 0 Å². The number of rotatable bonds is 4. The van der Waals surface area contributed by atoms with Crippen LogP contribution < -0.4 is 0 Å². The molecule has 0 aliphatic carbocycles. The molecule has 17 heavy (non-hydrogen) atoms. The second kappa shape index (κ2) is 9.88. The van der Waals surface area contributed by atoms with Crippen molar-refractivity contribution < 1.29 is 23.2 Å². The molecule has 0 aromatic heterocycles. The van der Waals surface area contributed by atoms with Crippen LogP contribution in [0.5, 0.6) is 0 Å². The van der Waals surface area contributed by atoms with Crippen LogP contribution in [-0.2, 0) is 31.5 Å². The van der Waals surface area contributed by atoms with Crippen molar-refractivity contribution in [2.45, 2.75) is 8.26 Å². The Labute approximate surface area is 127 Å². The SMILES string of the molecule is Cl.Cl.c1ccc([CH2][Zr][CH2]c2ccccc2)cc1. The van der Waals surface area contributed by atoms with E-state index in [0.29, 0.717) is 0 Å². The summed E-state index contributed by atoms with van der Waals surface area (Å²) in [6, 6.07) is 21.7. The summed E-state index contributed by atoms with van der Waals surface area (Å²) in [4.78, 5) is 0. The molecule has 0 aliphatic heterocycles. The molecule has 0 fully saturated rings. The normalized spacial score (nSPS) is 8.71. The van der Waals surface area contributed by atoms with Gasteiger partial charge in [-0.15, -0.1) is 24.8 Å². The zero-order chi connectivity index (χ0) is 10.3. The molecular formula is C14H16Cl2Zr. The third-order valence-corrected chi connectivity index (χ3v) is 5.58. The quantitative estimate of drug-likeness (QED) is 0.774. The number of hydrogen-bond acceptors (Lipinski definition) is 0. The molecule has 0 radical (unpaired) electrons. The standard InChI is InChI=1S/2C7H7.2ClH.Zr/c2*1-7-5-3-2-4-6-7;;;/h2*2-6H,1H2;2*1H;. The average Bonchev–Trinajstić information content (AvgIpc) is 2.32. The van der Waals surface area contributed by atoms with Crippen LogP contribution in [0.1, 0.15) is 11.1 Å². The van der Waals surface area contributed by atoms with Gasteiger partial charge in [0.2, 0.25) is 0 Å². The molecule has 0 amide bonds. The molecule has 0 N–H and O–H groups in total. The molecule has 0 atom stereocenters. The average molecular weight is 346 g/mol. The Morgan fingerprint density at radius 3 is 1.29 bits per heavy atom. The van der Waals surface area contributed by atoms with Crippen LogP contribution in [0, 0.1) is 0 Å². The Hall–Kier alpha value is -0.0969. The number of halogens is 2. The summed E-state index contributed by atoms with van der Waals surface area (Å²) in [6.07, 6.45) is 0. The molecule has 0 saturated heterocycles. The zero-order valence-corrected chi connectivity index (χ0v) is 13.6. The maximum atomic E-state index is 2.24. The van der Waals surface area contributed by atoms with Gasteiger partial charge in [-0.3, -0.25) is 0 Å². The molecule has 0 heterocycles. The van der Waals surface area contributed by atoms with Crippen LogP contribution in [0.2, 0.25) is 0 Å². The van der Waals surface area contributed by atoms with Crippen LogP contribution >= 0.6 is 24.8 Å². The molecule has 0 spiro atoms. The van der Waals surface area contributed by atoms with E-state index in [-0.39, 0.29) is 48.0 Å². The molecule has 3 heteroatoms. The predicted molar refractivity (Wildman–Crippen MR) is 74.8 cm³/mol. The molecule has 2 aromatic carbocycles. The van der Waals surface area contributed by atoms with Gasteiger partial charge in [-0.05, 0) is 0 Å². The number of benzene rings is 2. The molecular weight excluding hydrogens is 330 g/mol. The van der Waals surface area contributed by atoms with E-state index in [1.165, 1.54) is 19.4 Å². The Balaban J connectivity index is 0.00000128. The maximum absolute atomic E-state index is 2.24. The van der Waals surface area contributed by atoms with E-state index in [0.717, 1.165) is 0 Å². The van der Waals surface area contributed by atoms with E-state index >= 15 is 0 Å². The van der Waals surface area contributed by atoms with Crippen molar-refractivity contribution in [2.24, 2.45) is 0 Å². The summed E-state index contributed by atoms with van der Waals surface area (Å²) in [6.45, 7) is 0. The van der Waals surface area contributed by atoms with Gasteiger partial charge in [0.05, 0.1) is 0 Å². The Morgan fingerprint density at radius 1 is 0.588 bits per heavy atom. The van der Waals surface area contributed by atoms with Crippen LogP contribution in [0.4, 0.5) is 0 Å². The molecule has 0 nitrogen and oxygen atoms in total. The Morgan fingerprint density at radius 2 is 0.941 bits per heavy atom. The monoisotopic (exact) mass is 344 g/mol. The fourth-order valence-corrected chi connectivity index (χ4v) is 4.43. The first-order valence-electron chi connectivity index (χ1n) is 5.24. The predicted octanol–water partition coefficient (Wildman–Crippen LogP) is 4.31. The second-order valence-electron chi connectivity index (χ2n) is 3.57. The van der Waals surface area contributed by atoms with Crippen molar-refractivity contribution in [2.75, 3.05) is 0 Å². The fraction of sp³-hybridized carbons (Fsp3) is 0.143. The second-order valence-corrected chi connectivity index (χ2v) is 6.54. The van der Waals surface area contributed by atoms with E-state index in [2.05, 4.69) is 60.7 Å². The van der Waals surface area contributed by atoms with Gasteiger partial charge in [-0.2, -0.15) is 0 Å². The van der Waals surface area contributed by atoms with Crippen molar-refractivity contribution in [3.8, 4) is 0 Å². The fourth-order valence-electron chi connectivity index (χ4n) is 1.54. The Kier molecular flexibility index (Phi) is 9.83. The van der Waals surface area contributed by atoms with E-state index in [1.54, 1.807) is 0 Å². The van der Waals surface area contributed by atoms with Gasteiger partial charge in [0.1, 0.15) is 0 Å². The summed E-state index contributed by atoms with van der Waals surface area (Å²) in [5.41, 5.74) is 3.03. The summed E-state index contributed by atoms with van der Waals surface area (Å²) >= 11 is -0.258. The van der Waals surface area contributed by atoms with Gasteiger partial charge >= 0.3 is 103 Å². The first kappa shape index (κ1) is 16.9. The van der Waals surface area contributed by atoms with Gasteiger partial charge in [-0.25, -0.2) is 0 Å². The van der Waals surface area contributed by atoms with Gasteiger partial charge in [0.15, 0.2) is 0 Å². The van der Waals surface area contributed by atoms with Crippen molar-refractivity contribution in [1.29, 1.82) is 0 Å². The minimum atomic E-state index is -0.258. The van der Waals surface area contributed by atoms with Crippen molar-refractivity contribution in [1.82, 2.24) is 0 Å². The summed E-state index contributed by atoms with van der Waals surface area (Å²) in [5, 5.41) is 0. The molecule has 2 aromatic rings. The van der Waals surface area contributed by atoms with Crippen molar-refractivity contribution in [3.05, 3.63) is 71.8 Å². The van der Waals surface area contributed by atoms with Crippen LogP contribution in [-0.4, -0.2) is 0 Å². The van der Waals surface area contributed by atoms with Crippen molar-refractivity contribution in [3.63, 3.8) is 0 Å². The van der Waals surface area contributed by atoms with Crippen molar-refractivity contribution >= 4 is 24.8 Å². The van der Waals surface area contributed by atoms with E-state index in [1.807, 2.05) is 0 Å². The Bertz CT molecular complexity index is 350. The topological polar surface area (TPSA) is 0 Å². The van der Waals surface area contributed by atoms with Crippen LogP contribution in [0.15, 0.2) is 60.7 Å². The third-order valence-electron chi connectivity index (χ3n) is 2.34. The van der Waals surface area contributed by atoms with Gasteiger partial charge < -0.3 is 0 Å². The molecule has 0 saturated carbocycles.